The third-order valence-corrected chi connectivity index (χ3v) is 6.64. The van der Waals surface area contributed by atoms with E-state index in [1.165, 1.54) is 42.6 Å². The molecular formula is C25H31Cl2N3O. The second-order valence-electron chi connectivity index (χ2n) is 7.91. The Morgan fingerprint density at radius 2 is 2.03 bits per heavy atom. The van der Waals surface area contributed by atoms with E-state index in [1.54, 1.807) is 12.2 Å². The zero-order chi connectivity index (χ0) is 22.4. The van der Waals surface area contributed by atoms with Crippen molar-refractivity contribution in [1.82, 2.24) is 15.1 Å². The molecule has 1 N–H and O–H groups in total. The Bertz CT molecular complexity index is 960. The van der Waals surface area contributed by atoms with Crippen molar-refractivity contribution in [2.75, 3.05) is 0 Å². The van der Waals surface area contributed by atoms with Gasteiger partial charge in [-0.15, -0.1) is 0 Å². The predicted octanol–water partition coefficient (Wildman–Crippen LogP) is 6.43. The zero-order valence-electron chi connectivity index (χ0n) is 18.4. The van der Waals surface area contributed by atoms with E-state index in [-0.39, 0.29) is 5.91 Å². The van der Waals surface area contributed by atoms with Gasteiger partial charge >= 0.3 is 0 Å². The molecule has 0 unspecified atom stereocenters. The summed E-state index contributed by atoms with van der Waals surface area (Å²) >= 11 is 12.6. The summed E-state index contributed by atoms with van der Waals surface area (Å²) in [6, 6.07) is 0.460. The molecule has 0 saturated heterocycles. The van der Waals surface area contributed by atoms with Crippen molar-refractivity contribution in [2.45, 2.75) is 71.3 Å². The lowest BCUT2D eigenvalue weighted by molar-refractivity contribution is -0.116. The van der Waals surface area contributed by atoms with Gasteiger partial charge in [0.1, 0.15) is 0 Å². The van der Waals surface area contributed by atoms with Gasteiger partial charge in [-0.1, -0.05) is 80.8 Å². The Hall–Kier alpha value is -2.04. The molecule has 1 aromatic rings. The molecule has 31 heavy (non-hydrogen) atoms. The smallest absolute Gasteiger partial charge is 0.255 e. The summed E-state index contributed by atoms with van der Waals surface area (Å²) in [5, 5.41) is 8.74. The lowest BCUT2D eigenvalue weighted by Gasteiger charge is -2.15. The van der Waals surface area contributed by atoms with Crippen LogP contribution in [0.4, 0.5) is 0 Å². The van der Waals surface area contributed by atoms with Crippen molar-refractivity contribution in [3.8, 4) is 0 Å². The van der Waals surface area contributed by atoms with Gasteiger partial charge in [0.15, 0.2) is 0 Å². The minimum Gasteiger partial charge on any atom is -0.320 e. The fourth-order valence-electron chi connectivity index (χ4n) is 4.34. The highest BCUT2D eigenvalue weighted by molar-refractivity contribution is 6.36. The van der Waals surface area contributed by atoms with Gasteiger partial charge in [-0.25, -0.2) is 0 Å². The van der Waals surface area contributed by atoms with Crippen molar-refractivity contribution in [2.24, 2.45) is 0 Å². The van der Waals surface area contributed by atoms with Crippen LogP contribution in [-0.2, 0) is 24.1 Å². The number of aromatic nitrogens is 2. The number of aryl methyl sites for hydroxylation is 1. The van der Waals surface area contributed by atoms with Crippen LogP contribution in [0.3, 0.4) is 0 Å². The first-order valence-corrected chi connectivity index (χ1v) is 11.9. The number of nitrogens with zero attached hydrogens (tertiary/aromatic N) is 2. The van der Waals surface area contributed by atoms with Crippen molar-refractivity contribution >= 4 is 29.1 Å². The van der Waals surface area contributed by atoms with Crippen LogP contribution in [-0.4, -0.2) is 15.7 Å². The van der Waals surface area contributed by atoms with Crippen LogP contribution in [0, 0.1) is 0 Å². The predicted molar refractivity (Wildman–Crippen MR) is 129 cm³/mol. The monoisotopic (exact) mass is 459 g/mol. The van der Waals surface area contributed by atoms with Crippen LogP contribution in [0.15, 0.2) is 58.3 Å². The molecule has 3 rings (SSSR count). The molecular weight excluding hydrogens is 429 g/mol. The molecule has 1 heterocycles. The third kappa shape index (κ3) is 5.42. The molecule has 0 radical (unpaired) electrons. The molecule has 4 nitrogen and oxygen atoms in total. The summed E-state index contributed by atoms with van der Waals surface area (Å²) in [4.78, 5) is 13.0. The minimum atomic E-state index is -0.266. The Morgan fingerprint density at radius 1 is 1.29 bits per heavy atom. The lowest BCUT2D eigenvalue weighted by Crippen LogP contribution is -2.25. The summed E-state index contributed by atoms with van der Waals surface area (Å²) in [6.45, 7) is 8.17. The molecule has 6 heteroatoms. The Balaban J connectivity index is 1.86. The quantitative estimate of drug-likeness (QED) is 0.359. The number of carbonyl (C=O) groups excluding carboxylic acids is 1. The normalized spacial score (nSPS) is 17.7. The van der Waals surface area contributed by atoms with Gasteiger partial charge in [0.05, 0.1) is 22.5 Å². The average Bonchev–Trinajstić information content (AvgIpc) is 3.39. The maximum Gasteiger partial charge on any atom is 0.255 e. The summed E-state index contributed by atoms with van der Waals surface area (Å²) in [5.74, 6) is -0.266. The van der Waals surface area contributed by atoms with Gasteiger partial charge in [-0.2, -0.15) is 5.10 Å². The average molecular weight is 460 g/mol. The van der Waals surface area contributed by atoms with Crippen LogP contribution in [0.1, 0.15) is 68.9 Å². The highest BCUT2D eigenvalue weighted by Crippen LogP contribution is 2.32. The standard InChI is InChI=1S/C25H31Cl2N3O/c1-4-17(25(31)28-24-20(26)13-9-10-14-21(24)27)15-16-23-19(5-2)22(6-3)29-30(23)18-11-7-8-12-18/h4,9-10,13,15,18H,1,5-8,11-12,14,16H2,2-3H3,(H,28,31)/b17-15+. The zero-order valence-corrected chi connectivity index (χ0v) is 19.9. The molecule has 2 aliphatic rings. The van der Waals surface area contributed by atoms with E-state index in [1.807, 2.05) is 18.2 Å². The SMILES string of the molecule is C=C/C(=C\Cc1c(CC)c(CC)nn1C1CCCC1)C(=O)NC1=C(Cl)CC=CC=C1Cl. The molecule has 1 aromatic heterocycles. The van der Waals surface area contributed by atoms with Crippen molar-refractivity contribution in [1.29, 1.82) is 0 Å². The number of allylic oxidation sites excluding steroid dienone is 6. The van der Waals surface area contributed by atoms with E-state index in [4.69, 9.17) is 28.3 Å². The third-order valence-electron chi connectivity index (χ3n) is 5.98. The first-order valence-electron chi connectivity index (χ1n) is 11.1. The lowest BCUT2D eigenvalue weighted by atomic mass is 10.0. The molecule has 166 valence electrons. The Labute approximate surface area is 195 Å². The van der Waals surface area contributed by atoms with Crippen molar-refractivity contribution in [3.63, 3.8) is 0 Å². The number of halogens is 2. The topological polar surface area (TPSA) is 46.9 Å². The maximum atomic E-state index is 13.0. The Kier molecular flexibility index (Phi) is 8.39. The first-order chi connectivity index (χ1) is 15.0. The van der Waals surface area contributed by atoms with E-state index in [0.717, 1.165) is 12.8 Å². The van der Waals surface area contributed by atoms with Crippen molar-refractivity contribution < 1.29 is 4.79 Å². The fourth-order valence-corrected chi connectivity index (χ4v) is 4.86. The van der Waals surface area contributed by atoms with Gasteiger partial charge in [0, 0.05) is 29.1 Å². The van der Waals surface area contributed by atoms with E-state index >= 15 is 0 Å². The molecule has 1 fully saturated rings. The Morgan fingerprint density at radius 3 is 2.68 bits per heavy atom. The van der Waals surface area contributed by atoms with Crippen LogP contribution in [0.5, 0.6) is 0 Å². The number of nitrogens with one attached hydrogen (secondary N) is 1. The highest BCUT2D eigenvalue weighted by Gasteiger charge is 2.24. The van der Waals surface area contributed by atoms with E-state index < -0.39 is 0 Å². The molecule has 0 aliphatic heterocycles. The van der Waals surface area contributed by atoms with Crippen LogP contribution in [0.2, 0.25) is 0 Å². The van der Waals surface area contributed by atoms with E-state index in [0.29, 0.717) is 40.2 Å². The van der Waals surface area contributed by atoms with Gasteiger partial charge in [0.2, 0.25) is 0 Å². The number of amides is 1. The van der Waals surface area contributed by atoms with Crippen LogP contribution >= 0.6 is 23.2 Å². The fraction of sp³-hybridized carbons (Fsp3) is 0.440. The second kappa shape index (κ2) is 11.0. The molecule has 0 bridgehead atoms. The van der Waals surface area contributed by atoms with E-state index in [9.17, 15) is 4.79 Å². The molecule has 0 spiro atoms. The summed E-state index contributed by atoms with van der Waals surface area (Å²) in [6.07, 6.45) is 16.8. The summed E-state index contributed by atoms with van der Waals surface area (Å²) < 4.78 is 2.23. The molecule has 1 saturated carbocycles. The van der Waals surface area contributed by atoms with Crippen LogP contribution < -0.4 is 5.32 Å². The van der Waals surface area contributed by atoms with Crippen LogP contribution in [0.25, 0.3) is 0 Å². The van der Waals surface area contributed by atoms with Gasteiger partial charge in [0.25, 0.3) is 5.91 Å². The summed E-state index contributed by atoms with van der Waals surface area (Å²) in [7, 11) is 0. The van der Waals surface area contributed by atoms with E-state index in [2.05, 4.69) is 30.4 Å². The molecule has 1 amide bonds. The number of carbonyl (C=O) groups is 1. The second-order valence-corrected chi connectivity index (χ2v) is 8.77. The highest BCUT2D eigenvalue weighted by atomic mass is 35.5. The number of hydrogen-bond acceptors (Lipinski definition) is 2. The van der Waals surface area contributed by atoms with Crippen molar-refractivity contribution in [3.05, 3.63) is 75.2 Å². The number of rotatable bonds is 8. The number of hydrogen-bond donors (Lipinski definition) is 1. The summed E-state index contributed by atoms with van der Waals surface area (Å²) in [5.41, 5.74) is 4.64. The first kappa shape index (κ1) is 23.6. The molecule has 0 atom stereocenters. The maximum absolute atomic E-state index is 13.0. The van der Waals surface area contributed by atoms with Gasteiger partial charge < -0.3 is 5.32 Å². The molecule has 2 aliphatic carbocycles. The largest absolute Gasteiger partial charge is 0.320 e. The minimum absolute atomic E-state index is 0.266. The van der Waals surface area contributed by atoms with Gasteiger partial charge in [-0.05, 0) is 37.3 Å². The van der Waals surface area contributed by atoms with Gasteiger partial charge in [-0.3, -0.25) is 9.48 Å². The molecule has 0 aromatic carbocycles.